The fraction of sp³-hybridized carbons (Fsp3) is 0.900. The van der Waals surface area contributed by atoms with Crippen LogP contribution in [0.15, 0.2) is 11.1 Å². The molecular formula is C20H40OSn. The van der Waals surface area contributed by atoms with Gasteiger partial charge in [0.25, 0.3) is 0 Å². The second-order valence-corrected chi connectivity index (χ2v) is 21.3. The van der Waals surface area contributed by atoms with Crippen LogP contribution in [0.2, 0.25) is 13.3 Å². The summed E-state index contributed by atoms with van der Waals surface area (Å²) in [5.74, 6) is 0. The Kier molecular flexibility index (Phi) is 10.4. The molecule has 0 aromatic carbocycles. The van der Waals surface area contributed by atoms with Gasteiger partial charge < -0.3 is 0 Å². The van der Waals surface area contributed by atoms with Crippen LogP contribution >= 0.6 is 0 Å². The first kappa shape index (κ1) is 20.5. The Hall–Kier alpha value is 0.499. The van der Waals surface area contributed by atoms with E-state index in [0.29, 0.717) is 6.10 Å². The van der Waals surface area contributed by atoms with Gasteiger partial charge in [0, 0.05) is 0 Å². The third kappa shape index (κ3) is 6.55. The second-order valence-electron chi connectivity index (χ2n) is 7.61. The third-order valence-electron chi connectivity index (χ3n) is 5.71. The summed E-state index contributed by atoms with van der Waals surface area (Å²) in [5, 5.41) is 0. The van der Waals surface area contributed by atoms with Gasteiger partial charge in [-0.2, -0.15) is 0 Å². The van der Waals surface area contributed by atoms with Crippen LogP contribution in [0.1, 0.15) is 86.0 Å². The van der Waals surface area contributed by atoms with E-state index in [2.05, 4.69) is 34.6 Å². The van der Waals surface area contributed by atoms with E-state index in [4.69, 9.17) is 4.74 Å². The molecule has 1 aliphatic carbocycles. The van der Waals surface area contributed by atoms with Crippen molar-refractivity contribution in [2.24, 2.45) is 0 Å². The van der Waals surface area contributed by atoms with Crippen molar-refractivity contribution in [3.8, 4) is 0 Å². The van der Waals surface area contributed by atoms with Crippen molar-refractivity contribution in [2.45, 2.75) is 105 Å². The van der Waals surface area contributed by atoms with Gasteiger partial charge in [0.2, 0.25) is 0 Å². The van der Waals surface area contributed by atoms with Crippen molar-refractivity contribution < 1.29 is 4.74 Å². The predicted molar refractivity (Wildman–Crippen MR) is 102 cm³/mol. The molecule has 0 spiro atoms. The van der Waals surface area contributed by atoms with E-state index in [9.17, 15) is 0 Å². The van der Waals surface area contributed by atoms with Gasteiger partial charge in [-0.25, -0.2) is 0 Å². The zero-order valence-electron chi connectivity index (χ0n) is 16.0. The van der Waals surface area contributed by atoms with Crippen molar-refractivity contribution >= 4 is 18.4 Å². The van der Waals surface area contributed by atoms with Crippen LogP contribution in [0.5, 0.6) is 0 Å². The fourth-order valence-electron chi connectivity index (χ4n) is 3.77. The van der Waals surface area contributed by atoms with Gasteiger partial charge in [-0.05, 0) is 0 Å². The van der Waals surface area contributed by atoms with E-state index < -0.39 is 18.4 Å². The molecule has 0 saturated carbocycles. The average molecular weight is 415 g/mol. The molecule has 1 rings (SSSR count). The van der Waals surface area contributed by atoms with Crippen LogP contribution in [0, 0.1) is 0 Å². The van der Waals surface area contributed by atoms with Crippen LogP contribution in [-0.2, 0) is 4.74 Å². The number of hydrogen-bond donors (Lipinski definition) is 0. The molecule has 0 unspecified atom stereocenters. The molecule has 0 saturated heterocycles. The fourth-order valence-corrected chi connectivity index (χ4v) is 18.2. The number of allylic oxidation sites excluding steroid dienone is 1. The molecule has 0 aromatic rings. The van der Waals surface area contributed by atoms with Crippen LogP contribution in [0.4, 0.5) is 0 Å². The molecule has 1 aliphatic rings. The summed E-state index contributed by atoms with van der Waals surface area (Å²) in [6, 6.07) is 0. The van der Waals surface area contributed by atoms with Gasteiger partial charge in [0.05, 0.1) is 0 Å². The van der Waals surface area contributed by atoms with Crippen molar-refractivity contribution in [1.29, 1.82) is 0 Å². The van der Waals surface area contributed by atoms with Gasteiger partial charge >= 0.3 is 144 Å². The molecule has 22 heavy (non-hydrogen) atoms. The molecule has 0 amide bonds. The first-order chi connectivity index (χ1) is 10.6. The van der Waals surface area contributed by atoms with Crippen molar-refractivity contribution in [3.05, 3.63) is 11.1 Å². The Morgan fingerprint density at radius 2 is 1.41 bits per heavy atom. The molecule has 0 radical (unpaired) electrons. The van der Waals surface area contributed by atoms with Gasteiger partial charge in [0.15, 0.2) is 0 Å². The monoisotopic (exact) mass is 416 g/mol. The first-order valence-electron chi connectivity index (χ1n) is 9.86. The molecule has 0 fully saturated rings. The van der Waals surface area contributed by atoms with Crippen molar-refractivity contribution in [3.63, 3.8) is 0 Å². The molecule has 1 atom stereocenters. The van der Waals surface area contributed by atoms with E-state index in [0.717, 1.165) is 0 Å². The second kappa shape index (κ2) is 11.1. The molecule has 0 aromatic heterocycles. The minimum atomic E-state index is -2.08. The summed E-state index contributed by atoms with van der Waals surface area (Å²) in [6.07, 6.45) is 11.4. The predicted octanol–water partition coefficient (Wildman–Crippen LogP) is 6.89. The Morgan fingerprint density at radius 1 is 0.909 bits per heavy atom. The standard InChI is InChI=1S/C8H13O.3C4H9.Sn/c1-6-4-5-8(9-3)7(6)2;3*1-3-4-2;/h8H,3-5H2,1-2H3;3*1,3-4H2,2H3;/t8-;;;;/m1..../s1. The molecule has 0 bridgehead atoms. The van der Waals surface area contributed by atoms with Crippen LogP contribution in [-0.4, -0.2) is 29.1 Å². The molecule has 0 aliphatic heterocycles. The molecule has 0 N–H and O–H groups in total. The van der Waals surface area contributed by atoms with E-state index >= 15 is 0 Å². The maximum absolute atomic E-state index is 6.58. The molecule has 130 valence electrons. The zero-order chi connectivity index (χ0) is 16.4. The maximum atomic E-state index is 6.58. The number of rotatable bonds is 12. The van der Waals surface area contributed by atoms with Crippen molar-refractivity contribution in [2.75, 3.05) is 4.62 Å². The summed E-state index contributed by atoms with van der Waals surface area (Å²) < 4.78 is 12.5. The number of ether oxygens (including phenoxy) is 1. The van der Waals surface area contributed by atoms with Gasteiger partial charge in [-0.3, -0.25) is 0 Å². The zero-order valence-corrected chi connectivity index (χ0v) is 18.8. The van der Waals surface area contributed by atoms with Crippen LogP contribution < -0.4 is 0 Å². The Balaban J connectivity index is 2.68. The van der Waals surface area contributed by atoms with Crippen molar-refractivity contribution in [1.82, 2.24) is 0 Å². The normalized spacial score (nSPS) is 19.2. The van der Waals surface area contributed by atoms with E-state index in [1.54, 1.807) is 24.5 Å². The molecule has 0 heterocycles. The average Bonchev–Trinajstić information content (AvgIpc) is 2.85. The third-order valence-corrected chi connectivity index (χ3v) is 20.0. The summed E-state index contributed by atoms with van der Waals surface area (Å²) in [4.78, 5) is 0. The summed E-state index contributed by atoms with van der Waals surface area (Å²) in [6.45, 7) is 11.6. The van der Waals surface area contributed by atoms with Gasteiger partial charge in [-0.15, -0.1) is 0 Å². The van der Waals surface area contributed by atoms with Gasteiger partial charge in [-0.1, -0.05) is 0 Å². The van der Waals surface area contributed by atoms with E-state index in [-0.39, 0.29) is 0 Å². The minimum absolute atomic E-state index is 0.459. The summed E-state index contributed by atoms with van der Waals surface area (Å²) >= 11 is -2.08. The van der Waals surface area contributed by atoms with Crippen LogP contribution in [0.25, 0.3) is 0 Å². The Morgan fingerprint density at radius 3 is 1.77 bits per heavy atom. The van der Waals surface area contributed by atoms with Crippen LogP contribution in [0.3, 0.4) is 0 Å². The topological polar surface area (TPSA) is 9.23 Å². The Labute approximate surface area is 144 Å². The summed E-state index contributed by atoms with van der Waals surface area (Å²) in [7, 11) is 0. The molecular weight excluding hydrogens is 375 g/mol. The van der Waals surface area contributed by atoms with E-state index in [1.807, 2.05) is 0 Å². The number of hydrogen-bond acceptors (Lipinski definition) is 1. The Bertz CT molecular complexity index is 313. The quantitative estimate of drug-likeness (QED) is 0.249. The number of unbranched alkanes of at least 4 members (excludes halogenated alkanes) is 3. The molecule has 2 heteroatoms. The summed E-state index contributed by atoms with van der Waals surface area (Å²) in [5.41, 5.74) is 3.13. The molecule has 1 nitrogen and oxygen atoms in total. The first-order valence-corrected chi connectivity index (χ1v) is 17.9. The SMILES string of the molecule is CCC[CH2][Sn]([CH2]CCC)([CH2]CCC)[CH2]O[C@@H]1CCC(C)=C1C. The van der Waals surface area contributed by atoms with Gasteiger partial charge in [0.1, 0.15) is 0 Å². The van der Waals surface area contributed by atoms with E-state index in [1.165, 1.54) is 56.0 Å².